The van der Waals surface area contributed by atoms with Crippen molar-refractivity contribution in [3.05, 3.63) is 17.3 Å². The van der Waals surface area contributed by atoms with Crippen LogP contribution in [0.25, 0.3) is 0 Å². The molecule has 1 unspecified atom stereocenters. The van der Waals surface area contributed by atoms with Crippen LogP contribution >= 0.6 is 11.6 Å². The molecule has 0 radical (unpaired) electrons. The number of nitrogens with zero attached hydrogens (tertiary/aromatic N) is 2. The van der Waals surface area contributed by atoms with E-state index < -0.39 is 0 Å². The molecule has 1 aromatic rings. The van der Waals surface area contributed by atoms with Crippen molar-refractivity contribution in [2.45, 2.75) is 32.8 Å². The third kappa shape index (κ3) is 3.94. The first kappa shape index (κ1) is 13.2. The number of aromatic nitrogens is 2. The van der Waals surface area contributed by atoms with Crippen molar-refractivity contribution in [2.75, 3.05) is 11.9 Å². The Morgan fingerprint density at radius 3 is 2.50 bits per heavy atom. The van der Waals surface area contributed by atoms with Crippen LogP contribution in [0.3, 0.4) is 0 Å². The van der Waals surface area contributed by atoms with E-state index in [4.69, 9.17) is 11.6 Å². The van der Waals surface area contributed by atoms with Crippen LogP contribution in [0, 0.1) is 5.92 Å². The first-order valence-electron chi connectivity index (χ1n) is 5.58. The summed E-state index contributed by atoms with van der Waals surface area (Å²) >= 11 is 5.62. The third-order valence-electron chi connectivity index (χ3n) is 2.72. The minimum absolute atomic E-state index is 0.327. The molecule has 0 bridgehead atoms. The molecule has 5 heteroatoms. The lowest BCUT2D eigenvalue weighted by Gasteiger charge is -2.20. The van der Waals surface area contributed by atoms with Gasteiger partial charge in [-0.05, 0) is 18.1 Å². The third-order valence-corrected chi connectivity index (χ3v) is 2.92. The van der Waals surface area contributed by atoms with E-state index in [1.54, 1.807) is 12.1 Å². The number of anilines is 1. The number of halogens is 1. The molecule has 1 atom stereocenters. The SMILES string of the molecule is CCC(CC)C(O)CNc1ccc(Cl)nn1. The zero-order valence-electron chi connectivity index (χ0n) is 9.65. The first-order valence-corrected chi connectivity index (χ1v) is 5.96. The maximum absolute atomic E-state index is 9.89. The van der Waals surface area contributed by atoms with Gasteiger partial charge in [0, 0.05) is 6.54 Å². The van der Waals surface area contributed by atoms with Crippen molar-refractivity contribution in [3.8, 4) is 0 Å². The summed E-state index contributed by atoms with van der Waals surface area (Å²) < 4.78 is 0. The van der Waals surface area contributed by atoms with Crippen molar-refractivity contribution in [1.29, 1.82) is 0 Å². The molecular formula is C11H18ClN3O. The van der Waals surface area contributed by atoms with Gasteiger partial charge in [0.1, 0.15) is 5.82 Å². The highest BCUT2D eigenvalue weighted by molar-refractivity contribution is 6.29. The molecule has 16 heavy (non-hydrogen) atoms. The van der Waals surface area contributed by atoms with Gasteiger partial charge in [-0.1, -0.05) is 38.3 Å². The normalized spacial score (nSPS) is 12.8. The highest BCUT2D eigenvalue weighted by Gasteiger charge is 2.14. The van der Waals surface area contributed by atoms with Crippen molar-refractivity contribution in [1.82, 2.24) is 10.2 Å². The van der Waals surface area contributed by atoms with Gasteiger partial charge in [0.05, 0.1) is 6.10 Å². The van der Waals surface area contributed by atoms with Gasteiger partial charge in [0.15, 0.2) is 5.15 Å². The Labute approximate surface area is 101 Å². The second-order valence-corrected chi connectivity index (χ2v) is 4.15. The fraction of sp³-hybridized carbons (Fsp3) is 0.636. The fourth-order valence-electron chi connectivity index (χ4n) is 1.62. The van der Waals surface area contributed by atoms with Gasteiger partial charge in [-0.3, -0.25) is 0 Å². The second-order valence-electron chi connectivity index (χ2n) is 3.77. The Kier molecular flexibility index (Phi) is 5.49. The van der Waals surface area contributed by atoms with Gasteiger partial charge in [-0.15, -0.1) is 10.2 Å². The molecule has 0 fully saturated rings. The van der Waals surface area contributed by atoms with E-state index in [1.807, 2.05) is 0 Å². The summed E-state index contributed by atoms with van der Waals surface area (Å²) in [5.74, 6) is 0.960. The lowest BCUT2D eigenvalue weighted by Crippen LogP contribution is -2.28. The molecule has 0 aliphatic rings. The average Bonchev–Trinajstić information content (AvgIpc) is 2.30. The number of rotatable bonds is 6. The molecule has 0 amide bonds. The fourth-order valence-corrected chi connectivity index (χ4v) is 1.72. The molecular weight excluding hydrogens is 226 g/mol. The quantitative estimate of drug-likeness (QED) is 0.805. The van der Waals surface area contributed by atoms with E-state index in [-0.39, 0.29) is 6.10 Å². The van der Waals surface area contributed by atoms with Gasteiger partial charge in [0.25, 0.3) is 0 Å². The number of nitrogens with one attached hydrogen (secondary N) is 1. The molecule has 1 heterocycles. The molecule has 1 aromatic heterocycles. The van der Waals surface area contributed by atoms with Crippen LogP contribution < -0.4 is 5.32 Å². The predicted octanol–water partition coefficient (Wildman–Crippen LogP) is 2.34. The van der Waals surface area contributed by atoms with Crippen LogP contribution in [-0.2, 0) is 0 Å². The van der Waals surface area contributed by atoms with Gasteiger partial charge >= 0.3 is 0 Å². The highest BCUT2D eigenvalue weighted by Crippen LogP contribution is 2.14. The maximum Gasteiger partial charge on any atom is 0.151 e. The summed E-state index contributed by atoms with van der Waals surface area (Å²) in [5.41, 5.74) is 0. The van der Waals surface area contributed by atoms with Crippen LogP contribution in [0.15, 0.2) is 12.1 Å². The minimum Gasteiger partial charge on any atom is -0.391 e. The summed E-state index contributed by atoms with van der Waals surface area (Å²) in [6.45, 7) is 4.65. The van der Waals surface area contributed by atoms with Crippen molar-refractivity contribution in [2.24, 2.45) is 5.92 Å². The van der Waals surface area contributed by atoms with Gasteiger partial charge in [-0.25, -0.2) is 0 Å². The summed E-state index contributed by atoms with van der Waals surface area (Å²) in [7, 11) is 0. The van der Waals surface area contributed by atoms with Crippen LogP contribution in [0.5, 0.6) is 0 Å². The van der Waals surface area contributed by atoms with Crippen LogP contribution in [0.2, 0.25) is 5.15 Å². The zero-order valence-corrected chi connectivity index (χ0v) is 10.4. The van der Waals surface area contributed by atoms with Gasteiger partial charge in [-0.2, -0.15) is 0 Å². The van der Waals surface area contributed by atoms with E-state index in [2.05, 4.69) is 29.4 Å². The molecule has 90 valence electrons. The maximum atomic E-state index is 9.89. The summed E-state index contributed by atoms with van der Waals surface area (Å²) in [4.78, 5) is 0. The molecule has 0 aliphatic carbocycles. The van der Waals surface area contributed by atoms with Crippen LogP contribution in [0.1, 0.15) is 26.7 Å². The zero-order chi connectivity index (χ0) is 12.0. The smallest absolute Gasteiger partial charge is 0.151 e. The van der Waals surface area contributed by atoms with E-state index >= 15 is 0 Å². The van der Waals surface area contributed by atoms with E-state index in [0.29, 0.717) is 23.4 Å². The molecule has 0 spiro atoms. The van der Waals surface area contributed by atoms with Gasteiger partial charge < -0.3 is 10.4 Å². The number of hydrogen-bond donors (Lipinski definition) is 2. The Morgan fingerprint density at radius 1 is 1.31 bits per heavy atom. The summed E-state index contributed by atoms with van der Waals surface area (Å²) in [6.07, 6.45) is 1.60. The summed E-state index contributed by atoms with van der Waals surface area (Å²) in [5, 5.41) is 20.9. The lowest BCUT2D eigenvalue weighted by molar-refractivity contribution is 0.114. The van der Waals surface area contributed by atoms with E-state index in [1.165, 1.54) is 0 Å². The number of hydrogen-bond acceptors (Lipinski definition) is 4. The Morgan fingerprint density at radius 2 is 2.00 bits per heavy atom. The van der Waals surface area contributed by atoms with Crippen molar-refractivity contribution < 1.29 is 5.11 Å². The lowest BCUT2D eigenvalue weighted by atomic mass is 9.97. The molecule has 0 aromatic carbocycles. The highest BCUT2D eigenvalue weighted by atomic mass is 35.5. The Bertz CT molecular complexity index is 301. The van der Waals surface area contributed by atoms with E-state index in [0.717, 1.165) is 12.8 Å². The molecule has 0 saturated heterocycles. The predicted molar refractivity (Wildman–Crippen MR) is 65.6 cm³/mol. The molecule has 0 aliphatic heterocycles. The molecule has 4 nitrogen and oxygen atoms in total. The van der Waals surface area contributed by atoms with Crippen LogP contribution in [-0.4, -0.2) is 28.0 Å². The summed E-state index contributed by atoms with van der Waals surface area (Å²) in [6, 6.07) is 3.41. The monoisotopic (exact) mass is 243 g/mol. The van der Waals surface area contributed by atoms with Crippen molar-refractivity contribution >= 4 is 17.4 Å². The Balaban J connectivity index is 2.42. The standard InChI is InChI=1S/C11H18ClN3O/c1-3-8(4-2)9(16)7-13-11-6-5-10(12)14-15-11/h5-6,8-9,16H,3-4,7H2,1-2H3,(H,13,15). The molecule has 1 rings (SSSR count). The topological polar surface area (TPSA) is 58.0 Å². The second kappa shape index (κ2) is 6.66. The average molecular weight is 244 g/mol. The Hall–Kier alpha value is -0.870. The van der Waals surface area contributed by atoms with E-state index in [9.17, 15) is 5.11 Å². The molecule has 0 saturated carbocycles. The molecule has 2 N–H and O–H groups in total. The number of aliphatic hydroxyl groups excluding tert-OH is 1. The first-order chi connectivity index (χ1) is 7.67. The van der Waals surface area contributed by atoms with Gasteiger partial charge in [0.2, 0.25) is 0 Å². The largest absolute Gasteiger partial charge is 0.391 e. The number of aliphatic hydroxyl groups is 1. The van der Waals surface area contributed by atoms with Crippen LogP contribution in [0.4, 0.5) is 5.82 Å². The van der Waals surface area contributed by atoms with Crippen molar-refractivity contribution in [3.63, 3.8) is 0 Å². The minimum atomic E-state index is -0.354.